The van der Waals surface area contributed by atoms with Crippen molar-refractivity contribution in [2.24, 2.45) is 0 Å². The van der Waals surface area contributed by atoms with Gasteiger partial charge in [0.1, 0.15) is 0 Å². The molecule has 1 aromatic rings. The summed E-state index contributed by atoms with van der Waals surface area (Å²) in [5.74, 6) is 0.478. The highest BCUT2D eigenvalue weighted by Crippen LogP contribution is 2.33. The summed E-state index contributed by atoms with van der Waals surface area (Å²) in [5, 5.41) is 0.292. The Balaban J connectivity index is 2.20. The zero-order valence-corrected chi connectivity index (χ0v) is 15.3. The maximum absolute atomic E-state index is 5.56. The van der Waals surface area contributed by atoms with Crippen LogP contribution in [0.15, 0.2) is 12.1 Å². The number of aromatic nitrogens is 1. The molecule has 1 aliphatic heterocycles. The summed E-state index contributed by atoms with van der Waals surface area (Å²) in [6, 6.07) is 4.38. The van der Waals surface area contributed by atoms with Crippen LogP contribution in [0.25, 0.3) is 0 Å². The number of pyridine rings is 1. The molecule has 2 atom stereocenters. The first kappa shape index (κ1) is 18.1. The Kier molecular flexibility index (Phi) is 7.50. The molecule has 0 spiro atoms. The van der Waals surface area contributed by atoms with Crippen molar-refractivity contribution in [2.45, 2.75) is 31.1 Å². The monoisotopic (exact) mass is 342 g/mol. The van der Waals surface area contributed by atoms with Crippen LogP contribution in [0.4, 0.5) is 0 Å². The number of nitrogens with zero attached hydrogens (tertiary/aromatic N) is 2. The van der Waals surface area contributed by atoms with Crippen LogP contribution in [0.1, 0.15) is 41.5 Å². The Hall–Kier alpha value is -0.270. The molecule has 1 unspecified atom stereocenters. The van der Waals surface area contributed by atoms with Gasteiger partial charge < -0.3 is 9.47 Å². The van der Waals surface area contributed by atoms with Crippen molar-refractivity contribution >= 4 is 22.5 Å². The van der Waals surface area contributed by atoms with Crippen molar-refractivity contribution in [2.75, 3.05) is 40.5 Å². The molecule has 1 aromatic heterocycles. The lowest BCUT2D eigenvalue weighted by Gasteiger charge is -2.21. The van der Waals surface area contributed by atoms with Gasteiger partial charge in [-0.25, -0.2) is 0 Å². The second-order valence-corrected chi connectivity index (χ2v) is 7.36. The molecule has 0 saturated carbocycles. The van der Waals surface area contributed by atoms with Crippen LogP contribution in [-0.4, -0.2) is 50.4 Å². The molecule has 0 amide bonds. The van der Waals surface area contributed by atoms with Crippen LogP contribution >= 0.6 is 22.5 Å². The summed E-state index contributed by atoms with van der Waals surface area (Å²) >= 11 is 4.32. The van der Waals surface area contributed by atoms with E-state index in [0.717, 1.165) is 45.0 Å². The molecular weight excluding hydrogens is 316 g/mol. The predicted molar refractivity (Wildman–Crippen MR) is 95.6 cm³/mol. The molecular formula is C16H26N2O2S2. The third kappa shape index (κ3) is 4.86. The SMILES string of the molecule is COCCN(C)Cc1nc(C(C)SS)ccc1[C@@H]1CCOC1. The zero-order valence-electron chi connectivity index (χ0n) is 13.6. The molecule has 4 nitrogen and oxygen atoms in total. The summed E-state index contributed by atoms with van der Waals surface area (Å²) in [5.41, 5.74) is 3.60. The molecule has 22 heavy (non-hydrogen) atoms. The first-order valence-electron chi connectivity index (χ1n) is 7.70. The zero-order chi connectivity index (χ0) is 15.9. The van der Waals surface area contributed by atoms with E-state index in [0.29, 0.717) is 11.2 Å². The molecule has 1 aliphatic rings. The minimum atomic E-state index is 0.292. The van der Waals surface area contributed by atoms with Crippen molar-refractivity contribution in [1.29, 1.82) is 0 Å². The molecule has 1 saturated heterocycles. The minimum Gasteiger partial charge on any atom is -0.383 e. The fraction of sp³-hybridized carbons (Fsp3) is 0.688. The molecule has 2 rings (SSSR count). The first-order chi connectivity index (χ1) is 10.7. The highest BCUT2D eigenvalue weighted by molar-refractivity contribution is 8.68. The number of thiol groups is 1. The van der Waals surface area contributed by atoms with Gasteiger partial charge in [0.2, 0.25) is 0 Å². The van der Waals surface area contributed by atoms with E-state index in [1.165, 1.54) is 22.1 Å². The average molecular weight is 343 g/mol. The van der Waals surface area contributed by atoms with Crippen LogP contribution in [-0.2, 0) is 16.0 Å². The predicted octanol–water partition coefficient (Wildman–Crippen LogP) is 3.30. The van der Waals surface area contributed by atoms with E-state index >= 15 is 0 Å². The Labute approximate surface area is 142 Å². The van der Waals surface area contributed by atoms with Gasteiger partial charge in [-0.1, -0.05) is 16.9 Å². The van der Waals surface area contributed by atoms with Crippen LogP contribution in [0.5, 0.6) is 0 Å². The number of methoxy groups -OCH3 is 1. The molecule has 0 bridgehead atoms. The number of hydrogen-bond acceptors (Lipinski definition) is 6. The molecule has 2 heterocycles. The quantitative estimate of drug-likeness (QED) is 0.579. The fourth-order valence-corrected chi connectivity index (χ4v) is 3.23. The van der Waals surface area contributed by atoms with E-state index in [2.05, 4.69) is 42.7 Å². The van der Waals surface area contributed by atoms with Gasteiger partial charge in [-0.05, 0) is 32.0 Å². The van der Waals surface area contributed by atoms with Crippen LogP contribution in [0.3, 0.4) is 0 Å². The maximum Gasteiger partial charge on any atom is 0.0589 e. The lowest BCUT2D eigenvalue weighted by Crippen LogP contribution is -2.24. The molecule has 124 valence electrons. The summed E-state index contributed by atoms with van der Waals surface area (Å²) in [6.07, 6.45) is 1.09. The maximum atomic E-state index is 5.56. The number of likely N-dealkylation sites (N-methyl/N-ethyl adjacent to an activating group) is 1. The van der Waals surface area contributed by atoms with Crippen LogP contribution in [0.2, 0.25) is 0 Å². The van der Waals surface area contributed by atoms with Gasteiger partial charge in [-0.2, -0.15) is 0 Å². The molecule has 0 N–H and O–H groups in total. The lowest BCUT2D eigenvalue weighted by atomic mass is 9.96. The largest absolute Gasteiger partial charge is 0.383 e. The van der Waals surface area contributed by atoms with Gasteiger partial charge in [-0.3, -0.25) is 9.88 Å². The van der Waals surface area contributed by atoms with Gasteiger partial charge in [0.15, 0.2) is 0 Å². The van der Waals surface area contributed by atoms with E-state index in [9.17, 15) is 0 Å². The average Bonchev–Trinajstić information content (AvgIpc) is 3.06. The van der Waals surface area contributed by atoms with Crippen molar-refractivity contribution < 1.29 is 9.47 Å². The Bertz CT molecular complexity index is 467. The Morgan fingerprint density at radius 3 is 3.00 bits per heavy atom. The Morgan fingerprint density at radius 2 is 2.36 bits per heavy atom. The first-order valence-corrected chi connectivity index (χ1v) is 9.64. The topological polar surface area (TPSA) is 34.6 Å². The fourth-order valence-electron chi connectivity index (χ4n) is 2.67. The van der Waals surface area contributed by atoms with E-state index in [1.807, 2.05) is 0 Å². The molecule has 0 aliphatic carbocycles. The summed E-state index contributed by atoms with van der Waals surface area (Å²) in [7, 11) is 5.38. The molecule has 1 fully saturated rings. The highest BCUT2D eigenvalue weighted by Gasteiger charge is 2.22. The number of hydrogen-bond donors (Lipinski definition) is 1. The third-order valence-corrected chi connectivity index (χ3v) is 5.58. The van der Waals surface area contributed by atoms with Crippen molar-refractivity contribution in [3.05, 3.63) is 29.1 Å². The highest BCUT2D eigenvalue weighted by atomic mass is 33.1. The van der Waals surface area contributed by atoms with Gasteiger partial charge >= 0.3 is 0 Å². The molecule has 6 heteroatoms. The number of ether oxygens (including phenoxy) is 2. The second-order valence-electron chi connectivity index (χ2n) is 5.81. The van der Waals surface area contributed by atoms with Crippen molar-refractivity contribution in [1.82, 2.24) is 9.88 Å². The van der Waals surface area contributed by atoms with Crippen LogP contribution in [0, 0.1) is 0 Å². The minimum absolute atomic E-state index is 0.292. The van der Waals surface area contributed by atoms with Crippen LogP contribution < -0.4 is 0 Å². The smallest absolute Gasteiger partial charge is 0.0589 e. The van der Waals surface area contributed by atoms with Gasteiger partial charge in [0.05, 0.1) is 29.9 Å². The van der Waals surface area contributed by atoms with E-state index < -0.39 is 0 Å². The van der Waals surface area contributed by atoms with Gasteiger partial charge in [-0.15, -0.1) is 11.7 Å². The van der Waals surface area contributed by atoms with Gasteiger partial charge in [0.25, 0.3) is 0 Å². The van der Waals surface area contributed by atoms with Crippen molar-refractivity contribution in [3.63, 3.8) is 0 Å². The van der Waals surface area contributed by atoms with Gasteiger partial charge in [0, 0.05) is 32.7 Å². The summed E-state index contributed by atoms with van der Waals surface area (Å²) in [6.45, 7) is 6.28. The van der Waals surface area contributed by atoms with Crippen molar-refractivity contribution in [3.8, 4) is 0 Å². The second kappa shape index (κ2) is 9.13. The summed E-state index contributed by atoms with van der Waals surface area (Å²) in [4.78, 5) is 7.19. The third-order valence-electron chi connectivity index (χ3n) is 4.07. The molecule has 0 aromatic carbocycles. The van der Waals surface area contributed by atoms with E-state index in [-0.39, 0.29) is 0 Å². The normalized spacial score (nSPS) is 19.8. The molecule has 0 radical (unpaired) electrons. The van der Waals surface area contributed by atoms with E-state index in [1.54, 1.807) is 7.11 Å². The Morgan fingerprint density at radius 1 is 1.55 bits per heavy atom. The van der Waals surface area contributed by atoms with E-state index in [4.69, 9.17) is 14.5 Å². The number of rotatable bonds is 8. The summed E-state index contributed by atoms with van der Waals surface area (Å²) < 4.78 is 10.7. The lowest BCUT2D eigenvalue weighted by molar-refractivity contribution is 0.157. The standard InChI is InChI=1S/C16H26N2O2S2/c1-12(22-21)15-5-4-14(13-6-8-20-11-13)16(17-15)10-18(2)7-9-19-3/h4-5,12-13,21H,6-11H2,1-3H3/t12?,13-/m1/s1.